The Balaban J connectivity index is 0.00000364. The molecule has 152 valence electrons. The molecule has 0 amide bonds. The van der Waals surface area contributed by atoms with Crippen molar-refractivity contribution in [3.8, 4) is 5.69 Å². The molecule has 2 nitrogen and oxygen atoms in total. The lowest BCUT2D eigenvalue weighted by molar-refractivity contribution is -0.595. The van der Waals surface area contributed by atoms with Crippen LogP contribution in [-0.4, -0.2) is 4.57 Å². The van der Waals surface area contributed by atoms with E-state index in [0.717, 1.165) is 11.0 Å². The molecule has 27 heavy (non-hydrogen) atoms. The van der Waals surface area contributed by atoms with Crippen LogP contribution in [0, 0.1) is 0 Å². The van der Waals surface area contributed by atoms with Gasteiger partial charge in [-0.2, -0.15) is 0 Å². The summed E-state index contributed by atoms with van der Waals surface area (Å²) in [6.45, 7) is 3.41. The van der Waals surface area contributed by atoms with E-state index in [9.17, 15) is 0 Å². The molecule has 0 bridgehead atoms. The van der Waals surface area contributed by atoms with E-state index >= 15 is 0 Å². The van der Waals surface area contributed by atoms with Gasteiger partial charge in [0.15, 0.2) is 0 Å². The van der Waals surface area contributed by atoms with Crippen LogP contribution in [0.25, 0.3) is 5.69 Å². The molecule has 0 spiro atoms. The Morgan fingerprint density at radius 3 is 1.85 bits per heavy atom. The third kappa shape index (κ3) is 10.5. The summed E-state index contributed by atoms with van der Waals surface area (Å²) in [7, 11) is 0. The summed E-state index contributed by atoms with van der Waals surface area (Å²) in [6, 6.07) is 8.45. The fourth-order valence-electron chi connectivity index (χ4n) is 3.43. The minimum atomic E-state index is 0. The smallest absolute Gasteiger partial charge is 0.248 e. The topological polar surface area (TPSA) is 8.81 Å². The quantitative estimate of drug-likeness (QED) is 0.271. The molecule has 0 aliphatic rings. The summed E-state index contributed by atoms with van der Waals surface area (Å²) in [5, 5.41) is 0. The number of aryl methyl sites for hydroxylation is 1. The fraction of sp³-hybridized carbons (Fsp3) is 0.609. The number of hydrogen-bond acceptors (Lipinski definition) is 0. The van der Waals surface area contributed by atoms with Gasteiger partial charge in [-0.25, -0.2) is 9.13 Å². The van der Waals surface area contributed by atoms with Gasteiger partial charge in [0.2, 0.25) is 6.33 Å². The second-order valence-electron chi connectivity index (χ2n) is 7.42. The number of halogens is 2. The van der Waals surface area contributed by atoms with Gasteiger partial charge in [0.05, 0.1) is 6.54 Å². The first kappa shape index (κ1) is 24.4. The Hall–Kier alpha value is -0.610. The van der Waals surface area contributed by atoms with Gasteiger partial charge in [-0.15, -0.1) is 0 Å². The average molecular weight is 500 g/mol. The molecule has 0 N–H and O–H groups in total. The van der Waals surface area contributed by atoms with Gasteiger partial charge in [0.1, 0.15) is 18.1 Å². The van der Waals surface area contributed by atoms with E-state index in [1.54, 1.807) is 0 Å². The second-order valence-corrected chi connectivity index (χ2v) is 8.34. The molecule has 0 unspecified atom stereocenters. The van der Waals surface area contributed by atoms with E-state index < -0.39 is 0 Å². The molecule has 1 heterocycles. The molecular weight excluding hydrogens is 464 g/mol. The van der Waals surface area contributed by atoms with Crippen molar-refractivity contribution in [2.24, 2.45) is 0 Å². The summed E-state index contributed by atoms with van der Waals surface area (Å²) in [5.74, 6) is 0. The van der Waals surface area contributed by atoms with Gasteiger partial charge in [0.25, 0.3) is 0 Å². The van der Waals surface area contributed by atoms with Gasteiger partial charge in [0, 0.05) is 4.47 Å². The van der Waals surface area contributed by atoms with Crippen LogP contribution in [0.15, 0.2) is 47.5 Å². The van der Waals surface area contributed by atoms with Crippen molar-refractivity contribution in [3.05, 3.63) is 47.5 Å². The zero-order chi connectivity index (χ0) is 18.5. The molecule has 4 heteroatoms. The van der Waals surface area contributed by atoms with E-state index in [1.807, 2.05) is 0 Å². The predicted octanol–water partition coefficient (Wildman–Crippen LogP) is 4.23. The highest BCUT2D eigenvalue weighted by Crippen LogP contribution is 2.13. The summed E-state index contributed by atoms with van der Waals surface area (Å²) in [6.07, 6.45) is 23.4. The number of nitrogens with zero attached hydrogens (tertiary/aromatic N) is 2. The Bertz CT molecular complexity index is 593. The van der Waals surface area contributed by atoms with Gasteiger partial charge < -0.3 is 17.0 Å². The van der Waals surface area contributed by atoms with Crippen molar-refractivity contribution >= 4 is 15.9 Å². The number of hydrogen-bond donors (Lipinski definition) is 0. The van der Waals surface area contributed by atoms with Crippen molar-refractivity contribution < 1.29 is 21.5 Å². The molecule has 0 atom stereocenters. The lowest BCUT2D eigenvalue weighted by Crippen LogP contribution is -3.00. The van der Waals surface area contributed by atoms with Crippen LogP contribution in [0.4, 0.5) is 0 Å². The van der Waals surface area contributed by atoms with E-state index in [1.165, 1.54) is 82.7 Å². The minimum absolute atomic E-state index is 0. The maximum atomic E-state index is 3.49. The van der Waals surface area contributed by atoms with Crippen LogP contribution in [0.2, 0.25) is 0 Å². The zero-order valence-corrected chi connectivity index (χ0v) is 20.1. The number of unbranched alkanes of at least 4 members (excludes halogenated alkanes) is 11. The van der Waals surface area contributed by atoms with Crippen LogP contribution in [0.3, 0.4) is 0 Å². The molecule has 0 aliphatic heterocycles. The largest absolute Gasteiger partial charge is 1.00 e. The highest BCUT2D eigenvalue weighted by atomic mass is 79.9. The Labute approximate surface area is 185 Å². The number of imidazole rings is 1. The third-order valence-electron chi connectivity index (χ3n) is 5.09. The normalized spacial score (nSPS) is 10.7. The van der Waals surface area contributed by atoms with Crippen molar-refractivity contribution in [3.63, 3.8) is 0 Å². The highest BCUT2D eigenvalue weighted by molar-refractivity contribution is 9.10. The molecular formula is C23H36Br2N2. The van der Waals surface area contributed by atoms with Crippen LogP contribution < -0.4 is 21.5 Å². The molecule has 1 aromatic carbocycles. The SMILES string of the molecule is CCCCCCCCCCCCCCn1cc[n+](-c2ccc(Br)cc2)c1.[Br-]. The first-order valence-electron chi connectivity index (χ1n) is 10.6. The zero-order valence-electron chi connectivity index (χ0n) is 16.9. The van der Waals surface area contributed by atoms with Crippen LogP contribution >= 0.6 is 15.9 Å². The first-order valence-corrected chi connectivity index (χ1v) is 11.4. The van der Waals surface area contributed by atoms with E-state index in [-0.39, 0.29) is 17.0 Å². The van der Waals surface area contributed by atoms with Crippen molar-refractivity contribution in [1.29, 1.82) is 0 Å². The molecule has 0 radical (unpaired) electrons. The second kappa shape index (κ2) is 15.3. The number of rotatable bonds is 14. The van der Waals surface area contributed by atoms with E-state index in [4.69, 9.17) is 0 Å². The highest BCUT2D eigenvalue weighted by Gasteiger charge is 2.06. The lowest BCUT2D eigenvalue weighted by Gasteiger charge is -2.02. The number of aromatic nitrogens is 2. The first-order chi connectivity index (χ1) is 12.8. The molecule has 2 rings (SSSR count). The summed E-state index contributed by atoms with van der Waals surface area (Å²) >= 11 is 3.49. The fourth-order valence-corrected chi connectivity index (χ4v) is 3.69. The van der Waals surface area contributed by atoms with E-state index in [0.29, 0.717) is 0 Å². The van der Waals surface area contributed by atoms with E-state index in [2.05, 4.69) is 75.0 Å². The standard InChI is InChI=1S/C23H36BrN2.BrH/c1-2-3-4-5-6-7-8-9-10-11-12-13-18-25-19-20-26(21-25)23-16-14-22(24)15-17-23;/h14-17,19-21H,2-13,18H2,1H3;1H/q+1;/p-1. The summed E-state index contributed by atoms with van der Waals surface area (Å²) in [5.41, 5.74) is 1.21. The molecule has 0 fully saturated rings. The molecule has 1 aromatic heterocycles. The van der Waals surface area contributed by atoms with Gasteiger partial charge in [-0.3, -0.25) is 0 Å². The van der Waals surface area contributed by atoms with Crippen molar-refractivity contribution in [2.75, 3.05) is 0 Å². The minimum Gasteiger partial charge on any atom is -1.00 e. The van der Waals surface area contributed by atoms with Gasteiger partial charge >= 0.3 is 0 Å². The molecule has 2 aromatic rings. The summed E-state index contributed by atoms with van der Waals surface area (Å²) < 4.78 is 5.61. The predicted molar refractivity (Wildman–Crippen MR) is 115 cm³/mol. The maximum absolute atomic E-state index is 3.49. The average Bonchev–Trinajstić information content (AvgIpc) is 3.12. The van der Waals surface area contributed by atoms with Gasteiger partial charge in [-0.05, 0) is 37.1 Å². The Morgan fingerprint density at radius 1 is 0.778 bits per heavy atom. The lowest BCUT2D eigenvalue weighted by atomic mass is 10.1. The van der Waals surface area contributed by atoms with Gasteiger partial charge in [-0.1, -0.05) is 87.1 Å². The van der Waals surface area contributed by atoms with Crippen molar-refractivity contribution in [2.45, 2.75) is 90.5 Å². The maximum Gasteiger partial charge on any atom is 0.248 e. The summed E-state index contributed by atoms with van der Waals surface area (Å²) in [4.78, 5) is 0. The van der Waals surface area contributed by atoms with Crippen LogP contribution in [-0.2, 0) is 6.54 Å². The molecule has 0 saturated heterocycles. The Kier molecular flexibility index (Phi) is 13.9. The Morgan fingerprint density at radius 2 is 1.30 bits per heavy atom. The van der Waals surface area contributed by atoms with Crippen LogP contribution in [0.1, 0.15) is 84.0 Å². The third-order valence-corrected chi connectivity index (χ3v) is 5.61. The molecule has 0 aliphatic carbocycles. The van der Waals surface area contributed by atoms with Crippen LogP contribution in [0.5, 0.6) is 0 Å². The monoisotopic (exact) mass is 498 g/mol. The van der Waals surface area contributed by atoms with Crippen molar-refractivity contribution in [1.82, 2.24) is 4.57 Å². The number of benzene rings is 1. The molecule has 0 saturated carbocycles.